The van der Waals surface area contributed by atoms with E-state index in [2.05, 4.69) is 16.7 Å². The Morgan fingerprint density at radius 3 is 2.27 bits per heavy atom. The fourth-order valence-corrected chi connectivity index (χ4v) is 6.87. The van der Waals surface area contributed by atoms with E-state index in [1.165, 1.54) is 6.92 Å². The fraction of sp³-hybridized carbons (Fsp3) is 0.682. The van der Waals surface area contributed by atoms with E-state index >= 15 is 0 Å². The molecule has 0 bridgehead atoms. The molecule has 2 aliphatic rings. The first kappa shape index (κ1) is 25.8. The number of sulfone groups is 2. The molecule has 0 aliphatic carbocycles. The Morgan fingerprint density at radius 2 is 1.70 bits per heavy atom. The predicted molar refractivity (Wildman–Crippen MR) is 132 cm³/mol. The fourth-order valence-electron chi connectivity index (χ4n) is 4.53. The summed E-state index contributed by atoms with van der Waals surface area (Å²) in [5, 5.41) is -1.09. The van der Waals surface area contributed by atoms with Crippen LogP contribution in [0.3, 0.4) is 0 Å². The van der Waals surface area contributed by atoms with Crippen molar-refractivity contribution in [3.63, 3.8) is 0 Å². The Morgan fingerprint density at radius 1 is 1.09 bits per heavy atom. The first-order chi connectivity index (χ1) is 15.6. The zero-order valence-electron chi connectivity index (χ0n) is 19.5. The number of benzene rings is 1. The van der Waals surface area contributed by atoms with E-state index in [0.29, 0.717) is 26.2 Å². The van der Waals surface area contributed by atoms with E-state index in [1.807, 2.05) is 24.3 Å². The molecule has 9 nitrogen and oxygen atoms in total. The number of hydrogen-bond donors (Lipinski definition) is 1. The third-order valence-corrected chi connectivity index (χ3v) is 10.4. The Balaban J connectivity index is 1.70. The van der Waals surface area contributed by atoms with Gasteiger partial charge in [-0.3, -0.25) is 4.79 Å². The summed E-state index contributed by atoms with van der Waals surface area (Å²) in [4.78, 5) is 19.1. The molecule has 1 aromatic rings. The van der Waals surface area contributed by atoms with Crippen LogP contribution in [0.15, 0.2) is 24.3 Å². The zero-order valence-corrected chi connectivity index (χ0v) is 21.2. The van der Waals surface area contributed by atoms with Gasteiger partial charge in [-0.2, -0.15) is 0 Å². The van der Waals surface area contributed by atoms with Crippen LogP contribution in [0.4, 0.5) is 11.4 Å². The summed E-state index contributed by atoms with van der Waals surface area (Å²) in [6.45, 7) is 6.32. The highest BCUT2D eigenvalue weighted by Crippen LogP contribution is 2.26. The highest BCUT2D eigenvalue weighted by atomic mass is 32.2. The molecule has 0 radical (unpaired) electrons. The number of nitrogens with two attached hydrogens (primary N) is 1. The van der Waals surface area contributed by atoms with Gasteiger partial charge in [0.05, 0.1) is 17.3 Å². The largest absolute Gasteiger partial charge is 0.369 e. The summed E-state index contributed by atoms with van der Waals surface area (Å²) in [5.41, 5.74) is 7.47. The first-order valence-electron chi connectivity index (χ1n) is 11.6. The quantitative estimate of drug-likeness (QED) is 0.575. The molecule has 2 saturated heterocycles. The van der Waals surface area contributed by atoms with Crippen molar-refractivity contribution in [2.75, 3.05) is 66.3 Å². The first-order valence-corrected chi connectivity index (χ1v) is 15.1. The lowest BCUT2D eigenvalue weighted by atomic mass is 10.1. The maximum absolute atomic E-state index is 13.0. The molecular formula is C22H36N4O5S2. The minimum Gasteiger partial charge on any atom is -0.369 e. The normalized spacial score (nSPS) is 22.6. The van der Waals surface area contributed by atoms with Gasteiger partial charge in [-0.1, -0.05) is 6.92 Å². The number of anilines is 2. The van der Waals surface area contributed by atoms with Gasteiger partial charge in [-0.05, 0) is 44.0 Å². The van der Waals surface area contributed by atoms with Gasteiger partial charge in [0.1, 0.15) is 5.25 Å². The molecule has 2 atom stereocenters. The summed E-state index contributed by atoms with van der Waals surface area (Å²) in [6, 6.07) is 8.22. The van der Waals surface area contributed by atoms with Crippen LogP contribution in [0.2, 0.25) is 0 Å². The van der Waals surface area contributed by atoms with Gasteiger partial charge >= 0.3 is 0 Å². The summed E-state index contributed by atoms with van der Waals surface area (Å²) < 4.78 is 48.1. The van der Waals surface area contributed by atoms with E-state index in [4.69, 9.17) is 5.73 Å². The van der Waals surface area contributed by atoms with Crippen molar-refractivity contribution in [2.24, 2.45) is 5.73 Å². The third kappa shape index (κ3) is 6.19. The lowest BCUT2D eigenvalue weighted by Crippen LogP contribution is -2.47. The van der Waals surface area contributed by atoms with Crippen LogP contribution in [0.5, 0.6) is 0 Å². The van der Waals surface area contributed by atoms with Crippen LogP contribution < -0.4 is 15.5 Å². The van der Waals surface area contributed by atoms with Crippen LogP contribution in [-0.4, -0.2) is 95.5 Å². The standard InChI is InChI=1S/C22H36N4O5S2/c1-3-19-17-25(22(27)18(2)33(30,31)14-9-23)10-4-11-26(19)21-7-5-20(6-8-21)24-12-15-32(28,29)16-13-24/h5-8,18-19H,3-4,9-17,23H2,1-2H3/t18?,19-/m0/s1. The maximum Gasteiger partial charge on any atom is 0.240 e. The molecule has 0 saturated carbocycles. The second kappa shape index (κ2) is 10.6. The number of carbonyl (C=O) groups excluding carboxylic acids is 1. The van der Waals surface area contributed by atoms with Crippen molar-refractivity contribution in [3.05, 3.63) is 24.3 Å². The van der Waals surface area contributed by atoms with Crippen molar-refractivity contribution in [3.8, 4) is 0 Å². The third-order valence-electron chi connectivity index (χ3n) is 6.66. The van der Waals surface area contributed by atoms with Crippen LogP contribution in [0.25, 0.3) is 0 Å². The molecule has 2 aliphatic heterocycles. The van der Waals surface area contributed by atoms with Crippen molar-refractivity contribution in [1.29, 1.82) is 0 Å². The van der Waals surface area contributed by atoms with Crippen LogP contribution in [-0.2, 0) is 24.5 Å². The van der Waals surface area contributed by atoms with E-state index in [1.54, 1.807) is 4.90 Å². The topological polar surface area (TPSA) is 121 Å². The predicted octanol–water partition coefficient (Wildman–Crippen LogP) is 0.501. The van der Waals surface area contributed by atoms with Crippen molar-refractivity contribution >= 4 is 37.0 Å². The Labute approximate surface area is 197 Å². The molecular weight excluding hydrogens is 464 g/mol. The lowest BCUT2D eigenvalue weighted by Gasteiger charge is -2.34. The second-order valence-electron chi connectivity index (χ2n) is 8.85. The highest BCUT2D eigenvalue weighted by Gasteiger charge is 2.34. The Hall–Kier alpha value is -1.85. The average Bonchev–Trinajstić information content (AvgIpc) is 3.01. The van der Waals surface area contributed by atoms with Crippen LogP contribution >= 0.6 is 0 Å². The van der Waals surface area contributed by atoms with E-state index in [9.17, 15) is 21.6 Å². The zero-order chi connectivity index (χ0) is 24.2. The number of rotatable bonds is 7. The molecule has 33 heavy (non-hydrogen) atoms. The van der Waals surface area contributed by atoms with Gasteiger partial charge in [0, 0.05) is 56.7 Å². The van der Waals surface area contributed by atoms with E-state index in [-0.39, 0.29) is 35.8 Å². The molecule has 2 N–H and O–H groups in total. The van der Waals surface area contributed by atoms with E-state index in [0.717, 1.165) is 30.8 Å². The van der Waals surface area contributed by atoms with Crippen LogP contribution in [0.1, 0.15) is 26.7 Å². The average molecular weight is 501 g/mol. The molecule has 2 fully saturated rings. The van der Waals surface area contributed by atoms with Crippen molar-refractivity contribution in [2.45, 2.75) is 38.0 Å². The summed E-state index contributed by atoms with van der Waals surface area (Å²) >= 11 is 0. The van der Waals surface area contributed by atoms with Crippen LogP contribution in [0, 0.1) is 0 Å². The van der Waals surface area contributed by atoms with Gasteiger partial charge in [-0.25, -0.2) is 16.8 Å². The summed E-state index contributed by atoms with van der Waals surface area (Å²) in [6.07, 6.45) is 1.57. The highest BCUT2D eigenvalue weighted by molar-refractivity contribution is 7.92. The minimum absolute atomic E-state index is 0.00848. The second-order valence-corrected chi connectivity index (χ2v) is 13.6. The molecule has 11 heteroatoms. The molecule has 1 aromatic carbocycles. The summed E-state index contributed by atoms with van der Waals surface area (Å²) in [7, 11) is -6.48. The van der Waals surface area contributed by atoms with Crippen molar-refractivity contribution in [1.82, 2.24) is 4.90 Å². The van der Waals surface area contributed by atoms with Gasteiger partial charge in [0.25, 0.3) is 0 Å². The van der Waals surface area contributed by atoms with E-state index < -0.39 is 24.9 Å². The van der Waals surface area contributed by atoms with Gasteiger partial charge in [0.2, 0.25) is 5.91 Å². The van der Waals surface area contributed by atoms with Gasteiger partial charge in [-0.15, -0.1) is 0 Å². The Kier molecular flexibility index (Phi) is 8.28. The Bertz CT molecular complexity index is 1010. The molecule has 3 rings (SSSR count). The number of carbonyl (C=O) groups is 1. The molecule has 1 amide bonds. The number of nitrogens with zero attached hydrogens (tertiary/aromatic N) is 3. The molecule has 0 aromatic heterocycles. The molecule has 0 spiro atoms. The number of amides is 1. The van der Waals surface area contributed by atoms with Gasteiger partial charge in [0.15, 0.2) is 19.7 Å². The maximum atomic E-state index is 13.0. The minimum atomic E-state index is -3.56. The molecule has 2 heterocycles. The molecule has 186 valence electrons. The van der Waals surface area contributed by atoms with Crippen molar-refractivity contribution < 1.29 is 21.6 Å². The SMILES string of the molecule is CC[C@H]1CN(C(=O)C(C)S(=O)(=O)CCN)CCCN1c1ccc(N2CCS(=O)(=O)CC2)cc1. The summed E-state index contributed by atoms with van der Waals surface area (Å²) in [5.74, 6) is -0.171. The molecule has 1 unspecified atom stereocenters. The number of hydrogen-bond acceptors (Lipinski definition) is 8. The smallest absolute Gasteiger partial charge is 0.240 e. The monoisotopic (exact) mass is 500 g/mol. The van der Waals surface area contributed by atoms with Gasteiger partial charge < -0.3 is 20.4 Å². The lowest BCUT2D eigenvalue weighted by molar-refractivity contribution is -0.130.